The predicted molar refractivity (Wildman–Crippen MR) is 118 cm³/mol. The molecule has 0 aliphatic carbocycles. The van der Waals surface area contributed by atoms with Gasteiger partial charge in [0.15, 0.2) is 12.6 Å². The van der Waals surface area contributed by atoms with Crippen LogP contribution in [0.5, 0.6) is 11.5 Å². The van der Waals surface area contributed by atoms with E-state index < -0.39 is 12.1 Å². The Bertz CT molecular complexity index is 1060. The summed E-state index contributed by atoms with van der Waals surface area (Å²) in [6.07, 6.45) is 3.32. The van der Waals surface area contributed by atoms with Gasteiger partial charge < -0.3 is 29.8 Å². The minimum atomic E-state index is -0.951. The van der Waals surface area contributed by atoms with Gasteiger partial charge in [-0.3, -0.25) is 9.59 Å². The fourth-order valence-electron chi connectivity index (χ4n) is 3.53. The second-order valence-electron chi connectivity index (χ2n) is 7.30. The van der Waals surface area contributed by atoms with Gasteiger partial charge in [0.1, 0.15) is 17.6 Å². The number of hydrogen-bond donors (Lipinski definition) is 3. The lowest BCUT2D eigenvalue weighted by molar-refractivity contribution is -0.139. The molecule has 0 saturated carbocycles. The highest BCUT2D eigenvalue weighted by atomic mass is 16.5. The molecule has 1 aliphatic rings. The zero-order chi connectivity index (χ0) is 22.3. The SMILES string of the molecule is O=C(O)CC(Oc1ccc2c(c1)OCC(=O)N2CCCNc1ncc[nH]1)c1ccccc1. The summed E-state index contributed by atoms with van der Waals surface area (Å²) in [5.74, 6) is 0.635. The van der Waals surface area contributed by atoms with Crippen LogP contribution in [0.1, 0.15) is 24.5 Å². The molecule has 32 heavy (non-hydrogen) atoms. The average Bonchev–Trinajstić information content (AvgIpc) is 3.31. The van der Waals surface area contributed by atoms with Crippen molar-refractivity contribution in [3.05, 3.63) is 66.5 Å². The molecule has 3 N–H and O–H groups in total. The Balaban J connectivity index is 1.44. The molecule has 1 aliphatic heterocycles. The summed E-state index contributed by atoms with van der Waals surface area (Å²) in [5, 5.41) is 12.4. The average molecular weight is 436 g/mol. The molecule has 0 radical (unpaired) electrons. The third kappa shape index (κ3) is 5.18. The number of ether oxygens (including phenoxy) is 2. The number of carboxylic acid groups (broad SMARTS) is 1. The molecule has 3 aromatic rings. The molecule has 0 fully saturated rings. The highest BCUT2D eigenvalue weighted by molar-refractivity contribution is 5.97. The van der Waals surface area contributed by atoms with E-state index in [1.54, 1.807) is 35.5 Å². The fourth-order valence-corrected chi connectivity index (χ4v) is 3.53. The Morgan fingerprint density at radius 1 is 1.28 bits per heavy atom. The summed E-state index contributed by atoms with van der Waals surface area (Å²) >= 11 is 0. The van der Waals surface area contributed by atoms with Gasteiger partial charge in [-0.05, 0) is 24.1 Å². The molecule has 166 valence electrons. The van der Waals surface area contributed by atoms with Crippen LogP contribution in [-0.4, -0.2) is 46.6 Å². The summed E-state index contributed by atoms with van der Waals surface area (Å²) in [6, 6.07) is 14.4. The van der Waals surface area contributed by atoms with Crippen molar-refractivity contribution in [3.63, 3.8) is 0 Å². The highest BCUT2D eigenvalue weighted by Crippen LogP contribution is 2.37. The first-order valence-corrected chi connectivity index (χ1v) is 10.3. The van der Waals surface area contributed by atoms with E-state index in [-0.39, 0.29) is 18.9 Å². The topological polar surface area (TPSA) is 117 Å². The third-order valence-corrected chi connectivity index (χ3v) is 5.03. The van der Waals surface area contributed by atoms with Gasteiger partial charge in [-0.2, -0.15) is 0 Å². The molecule has 2 heterocycles. The molecule has 9 heteroatoms. The van der Waals surface area contributed by atoms with Gasteiger partial charge in [-0.25, -0.2) is 4.98 Å². The minimum absolute atomic E-state index is 0.0562. The summed E-state index contributed by atoms with van der Waals surface area (Å²) in [6.45, 7) is 1.12. The largest absolute Gasteiger partial charge is 0.485 e. The zero-order valence-electron chi connectivity index (χ0n) is 17.4. The fraction of sp³-hybridized carbons (Fsp3) is 0.261. The van der Waals surface area contributed by atoms with Crippen LogP contribution in [0.25, 0.3) is 0 Å². The Hall–Kier alpha value is -4.01. The summed E-state index contributed by atoms with van der Waals surface area (Å²) in [5.41, 5.74) is 1.44. The van der Waals surface area contributed by atoms with Crippen molar-refractivity contribution in [2.24, 2.45) is 0 Å². The molecule has 4 rings (SSSR count). The van der Waals surface area contributed by atoms with E-state index in [0.717, 1.165) is 12.0 Å². The van der Waals surface area contributed by atoms with Crippen molar-refractivity contribution in [3.8, 4) is 11.5 Å². The van der Waals surface area contributed by atoms with E-state index in [1.165, 1.54) is 0 Å². The Morgan fingerprint density at radius 2 is 2.12 bits per heavy atom. The predicted octanol–water partition coefficient (Wildman–Crippen LogP) is 3.23. The number of fused-ring (bicyclic) bond motifs is 1. The Labute approximate surface area is 185 Å². The lowest BCUT2D eigenvalue weighted by Gasteiger charge is -2.30. The molecule has 1 unspecified atom stereocenters. The van der Waals surface area contributed by atoms with Crippen molar-refractivity contribution in [2.45, 2.75) is 18.9 Å². The number of rotatable bonds is 10. The smallest absolute Gasteiger partial charge is 0.307 e. The number of amides is 1. The number of aromatic amines is 1. The number of anilines is 2. The summed E-state index contributed by atoms with van der Waals surface area (Å²) in [7, 11) is 0. The number of carbonyl (C=O) groups excluding carboxylic acids is 1. The number of aliphatic carboxylic acids is 1. The van der Waals surface area contributed by atoms with E-state index >= 15 is 0 Å². The number of benzene rings is 2. The van der Waals surface area contributed by atoms with E-state index in [0.29, 0.717) is 36.2 Å². The first-order valence-electron chi connectivity index (χ1n) is 10.3. The number of carbonyl (C=O) groups is 2. The van der Waals surface area contributed by atoms with Gasteiger partial charge in [-0.15, -0.1) is 0 Å². The lowest BCUT2D eigenvalue weighted by atomic mass is 10.1. The maximum absolute atomic E-state index is 12.4. The molecule has 0 saturated heterocycles. The van der Waals surface area contributed by atoms with Crippen molar-refractivity contribution in [1.82, 2.24) is 9.97 Å². The Morgan fingerprint density at radius 3 is 2.88 bits per heavy atom. The maximum atomic E-state index is 12.4. The van der Waals surface area contributed by atoms with Crippen LogP contribution in [0.2, 0.25) is 0 Å². The van der Waals surface area contributed by atoms with Crippen LogP contribution < -0.4 is 19.7 Å². The zero-order valence-corrected chi connectivity index (χ0v) is 17.4. The van der Waals surface area contributed by atoms with Crippen molar-refractivity contribution < 1.29 is 24.2 Å². The van der Waals surface area contributed by atoms with E-state index in [4.69, 9.17) is 9.47 Å². The summed E-state index contributed by atoms with van der Waals surface area (Å²) in [4.78, 5) is 32.5. The number of imidazole rings is 1. The maximum Gasteiger partial charge on any atom is 0.307 e. The molecular weight excluding hydrogens is 412 g/mol. The second kappa shape index (κ2) is 9.86. The van der Waals surface area contributed by atoms with Gasteiger partial charge in [0.2, 0.25) is 0 Å². The monoisotopic (exact) mass is 436 g/mol. The molecule has 0 bridgehead atoms. The minimum Gasteiger partial charge on any atom is -0.485 e. The quantitative estimate of drug-likeness (QED) is 0.418. The van der Waals surface area contributed by atoms with Crippen LogP contribution in [-0.2, 0) is 9.59 Å². The van der Waals surface area contributed by atoms with Crippen molar-refractivity contribution in [2.75, 3.05) is 29.9 Å². The first kappa shape index (κ1) is 21.2. The molecule has 2 aromatic carbocycles. The number of carboxylic acids is 1. The van der Waals surface area contributed by atoms with Gasteiger partial charge >= 0.3 is 5.97 Å². The lowest BCUT2D eigenvalue weighted by Crippen LogP contribution is -2.39. The van der Waals surface area contributed by atoms with Crippen LogP contribution >= 0.6 is 0 Å². The third-order valence-electron chi connectivity index (χ3n) is 5.03. The Kier molecular flexibility index (Phi) is 6.54. The van der Waals surface area contributed by atoms with Crippen LogP contribution in [0.15, 0.2) is 60.9 Å². The molecule has 0 spiro atoms. The van der Waals surface area contributed by atoms with Gasteiger partial charge in [0, 0.05) is 31.5 Å². The van der Waals surface area contributed by atoms with E-state index in [2.05, 4.69) is 15.3 Å². The molecule has 1 aromatic heterocycles. The van der Waals surface area contributed by atoms with E-state index in [1.807, 2.05) is 30.3 Å². The molecular formula is C23H24N4O5. The normalized spacial score (nSPS) is 13.8. The van der Waals surface area contributed by atoms with Crippen LogP contribution in [0.3, 0.4) is 0 Å². The van der Waals surface area contributed by atoms with Gasteiger partial charge in [0.25, 0.3) is 5.91 Å². The highest BCUT2D eigenvalue weighted by Gasteiger charge is 2.26. The second-order valence-corrected chi connectivity index (χ2v) is 7.30. The standard InChI is InChI=1S/C23H24N4O5/c28-21-15-31-20-13-17(32-19(14-22(29)30)16-5-2-1-3-6-16)7-8-18(20)27(21)12-4-9-24-23-25-10-11-26-23/h1-3,5-8,10-11,13,19H,4,9,12,14-15H2,(H,29,30)(H2,24,25,26). The van der Waals surface area contributed by atoms with Crippen molar-refractivity contribution >= 4 is 23.5 Å². The first-order chi connectivity index (χ1) is 15.6. The van der Waals surface area contributed by atoms with Crippen LogP contribution in [0.4, 0.5) is 11.6 Å². The van der Waals surface area contributed by atoms with Gasteiger partial charge in [0.05, 0.1) is 12.1 Å². The number of nitrogens with one attached hydrogen (secondary N) is 2. The molecule has 1 amide bonds. The van der Waals surface area contributed by atoms with Crippen LogP contribution in [0, 0.1) is 0 Å². The number of nitrogens with zero attached hydrogens (tertiary/aromatic N) is 2. The van der Waals surface area contributed by atoms with Crippen molar-refractivity contribution in [1.29, 1.82) is 0 Å². The molecule has 1 atom stereocenters. The molecule has 9 nitrogen and oxygen atoms in total. The number of H-pyrrole nitrogens is 1. The van der Waals surface area contributed by atoms with E-state index in [9.17, 15) is 14.7 Å². The van der Waals surface area contributed by atoms with Gasteiger partial charge in [-0.1, -0.05) is 30.3 Å². The summed E-state index contributed by atoms with van der Waals surface area (Å²) < 4.78 is 11.6. The number of hydrogen-bond acceptors (Lipinski definition) is 6. The number of aromatic nitrogens is 2.